The van der Waals surface area contributed by atoms with Gasteiger partial charge in [0.2, 0.25) is 0 Å². The van der Waals surface area contributed by atoms with Gasteiger partial charge in [0.1, 0.15) is 0 Å². The van der Waals surface area contributed by atoms with Crippen LogP contribution >= 0.6 is 0 Å². The highest BCUT2D eigenvalue weighted by Crippen LogP contribution is 2.47. The second kappa shape index (κ2) is 8.31. The lowest BCUT2D eigenvalue weighted by atomic mass is 10.1. The highest BCUT2D eigenvalue weighted by atomic mass is 16.5. The first-order valence-corrected chi connectivity index (χ1v) is 8.72. The summed E-state index contributed by atoms with van der Waals surface area (Å²) < 4.78 is 5.35. The molecule has 0 radical (unpaired) electrons. The van der Waals surface area contributed by atoms with Crippen LogP contribution in [0.4, 0.5) is 0 Å². The quantitative estimate of drug-likeness (QED) is 0.454. The topological polar surface area (TPSA) is 62.9 Å². The summed E-state index contributed by atoms with van der Waals surface area (Å²) in [6.45, 7) is 6.64. The average Bonchev–Trinajstić information content (AvgIpc) is 3.38. The van der Waals surface area contributed by atoms with E-state index >= 15 is 0 Å². The minimum atomic E-state index is 0.589. The number of morpholine rings is 1. The third-order valence-corrected chi connectivity index (χ3v) is 4.71. The van der Waals surface area contributed by atoms with Crippen LogP contribution < -0.4 is 11.1 Å². The Morgan fingerprint density at radius 2 is 2.04 bits per heavy atom. The van der Waals surface area contributed by atoms with E-state index in [4.69, 9.17) is 10.5 Å². The summed E-state index contributed by atoms with van der Waals surface area (Å²) in [5.74, 6) is 1.92. The predicted molar refractivity (Wildman–Crippen MR) is 93.7 cm³/mol. The van der Waals surface area contributed by atoms with Crippen molar-refractivity contribution in [1.82, 2.24) is 10.2 Å². The number of guanidine groups is 1. The molecular weight excluding hydrogens is 288 g/mol. The molecule has 1 saturated carbocycles. The minimum Gasteiger partial charge on any atom is -0.379 e. The van der Waals surface area contributed by atoms with Crippen molar-refractivity contribution < 1.29 is 4.74 Å². The molecule has 23 heavy (non-hydrogen) atoms. The molecule has 1 aromatic rings. The van der Waals surface area contributed by atoms with Gasteiger partial charge in [0.15, 0.2) is 5.96 Å². The van der Waals surface area contributed by atoms with Gasteiger partial charge in [-0.25, -0.2) is 0 Å². The lowest BCUT2D eigenvalue weighted by molar-refractivity contribution is 0.0376. The van der Waals surface area contributed by atoms with Crippen LogP contribution in [0.3, 0.4) is 0 Å². The van der Waals surface area contributed by atoms with Crippen molar-refractivity contribution in [3.8, 4) is 0 Å². The van der Waals surface area contributed by atoms with Crippen molar-refractivity contribution in [3.05, 3.63) is 35.9 Å². The molecule has 1 heterocycles. The number of nitrogens with two attached hydrogens (primary N) is 1. The molecule has 0 aromatic heterocycles. The summed E-state index contributed by atoms with van der Waals surface area (Å²) in [7, 11) is 0. The highest BCUT2D eigenvalue weighted by Gasteiger charge is 2.37. The predicted octanol–water partition coefficient (Wildman–Crippen LogP) is 1.42. The van der Waals surface area contributed by atoms with Gasteiger partial charge in [0.25, 0.3) is 0 Å². The smallest absolute Gasteiger partial charge is 0.188 e. The third kappa shape index (κ3) is 5.22. The number of nitrogens with one attached hydrogen (secondary N) is 1. The first-order valence-electron chi connectivity index (χ1n) is 8.72. The van der Waals surface area contributed by atoms with E-state index in [9.17, 15) is 0 Å². The van der Waals surface area contributed by atoms with E-state index in [0.29, 0.717) is 17.8 Å². The number of ether oxygens (including phenoxy) is 1. The molecule has 1 aliphatic carbocycles. The van der Waals surface area contributed by atoms with E-state index < -0.39 is 0 Å². The normalized spacial score (nSPS) is 25.3. The van der Waals surface area contributed by atoms with Crippen LogP contribution in [0.25, 0.3) is 0 Å². The van der Waals surface area contributed by atoms with Gasteiger partial charge in [-0.3, -0.25) is 9.89 Å². The summed E-state index contributed by atoms with van der Waals surface area (Å²) in [5, 5.41) is 3.23. The van der Waals surface area contributed by atoms with E-state index in [0.717, 1.165) is 52.4 Å². The fourth-order valence-electron chi connectivity index (χ4n) is 3.17. The summed E-state index contributed by atoms with van der Waals surface area (Å²) >= 11 is 0. The van der Waals surface area contributed by atoms with Gasteiger partial charge >= 0.3 is 0 Å². The van der Waals surface area contributed by atoms with Crippen molar-refractivity contribution >= 4 is 5.96 Å². The number of rotatable bonds is 7. The molecule has 1 aromatic carbocycles. The third-order valence-electron chi connectivity index (χ3n) is 4.71. The molecule has 1 saturated heterocycles. The Labute approximate surface area is 138 Å². The Kier molecular flexibility index (Phi) is 5.88. The van der Waals surface area contributed by atoms with Gasteiger partial charge in [0.05, 0.1) is 13.2 Å². The van der Waals surface area contributed by atoms with Crippen molar-refractivity contribution in [2.45, 2.75) is 18.8 Å². The van der Waals surface area contributed by atoms with Gasteiger partial charge < -0.3 is 15.8 Å². The van der Waals surface area contributed by atoms with Crippen LogP contribution in [-0.2, 0) is 4.74 Å². The summed E-state index contributed by atoms with van der Waals surface area (Å²) in [5.41, 5.74) is 7.39. The lowest BCUT2D eigenvalue weighted by Gasteiger charge is -2.26. The SMILES string of the molecule is NC(=NCC1CC1c1ccccc1)NCCCN1CCOCC1. The second-order valence-corrected chi connectivity index (χ2v) is 6.47. The molecular formula is C18H28N4O. The standard InChI is InChI=1S/C18H28N4O/c19-18(20-7-4-8-22-9-11-23-12-10-22)21-14-16-13-17(16)15-5-2-1-3-6-15/h1-3,5-6,16-17H,4,7-14H2,(H3,19,20,21). The Morgan fingerprint density at radius 3 is 2.83 bits per heavy atom. The molecule has 5 heteroatoms. The van der Waals surface area contributed by atoms with Gasteiger partial charge in [-0.2, -0.15) is 0 Å². The van der Waals surface area contributed by atoms with Crippen LogP contribution in [0.5, 0.6) is 0 Å². The number of hydrogen-bond donors (Lipinski definition) is 2. The summed E-state index contributed by atoms with van der Waals surface area (Å²) in [6, 6.07) is 10.7. The fraction of sp³-hybridized carbons (Fsp3) is 0.611. The zero-order valence-electron chi connectivity index (χ0n) is 13.8. The Bertz CT molecular complexity index is 499. The molecule has 2 aliphatic rings. The monoisotopic (exact) mass is 316 g/mol. The van der Waals surface area contributed by atoms with Gasteiger partial charge in [0, 0.05) is 26.2 Å². The Morgan fingerprint density at radius 1 is 1.26 bits per heavy atom. The first-order chi connectivity index (χ1) is 11.3. The second-order valence-electron chi connectivity index (χ2n) is 6.47. The molecule has 3 rings (SSSR count). The lowest BCUT2D eigenvalue weighted by Crippen LogP contribution is -2.39. The zero-order chi connectivity index (χ0) is 15.9. The van der Waals surface area contributed by atoms with Crippen molar-refractivity contribution in [1.29, 1.82) is 0 Å². The van der Waals surface area contributed by atoms with E-state index in [1.807, 2.05) is 0 Å². The molecule has 0 bridgehead atoms. The van der Waals surface area contributed by atoms with Crippen molar-refractivity contribution in [3.63, 3.8) is 0 Å². The number of aliphatic imine (C=N–C) groups is 1. The zero-order valence-corrected chi connectivity index (χ0v) is 13.8. The van der Waals surface area contributed by atoms with Crippen LogP contribution in [0, 0.1) is 5.92 Å². The van der Waals surface area contributed by atoms with E-state index in [2.05, 4.69) is 45.5 Å². The maximum Gasteiger partial charge on any atom is 0.188 e. The largest absolute Gasteiger partial charge is 0.379 e. The molecule has 2 fully saturated rings. The van der Waals surface area contributed by atoms with E-state index in [1.54, 1.807) is 0 Å². The van der Waals surface area contributed by atoms with Crippen LogP contribution in [0.1, 0.15) is 24.3 Å². The van der Waals surface area contributed by atoms with Gasteiger partial charge in [-0.1, -0.05) is 30.3 Å². The molecule has 2 atom stereocenters. The molecule has 2 unspecified atom stereocenters. The van der Waals surface area contributed by atoms with Crippen LogP contribution in [0.2, 0.25) is 0 Å². The van der Waals surface area contributed by atoms with Crippen LogP contribution in [0.15, 0.2) is 35.3 Å². The van der Waals surface area contributed by atoms with Crippen molar-refractivity contribution in [2.24, 2.45) is 16.6 Å². The Hall–Kier alpha value is -1.59. The molecule has 0 amide bonds. The Balaban J connectivity index is 1.28. The summed E-state index contributed by atoms with van der Waals surface area (Å²) in [6.07, 6.45) is 2.32. The summed E-state index contributed by atoms with van der Waals surface area (Å²) in [4.78, 5) is 6.93. The van der Waals surface area contributed by atoms with Gasteiger partial charge in [-0.15, -0.1) is 0 Å². The first kappa shape index (κ1) is 16.3. The molecule has 3 N–H and O–H groups in total. The highest BCUT2D eigenvalue weighted by molar-refractivity contribution is 5.77. The minimum absolute atomic E-state index is 0.589. The molecule has 5 nitrogen and oxygen atoms in total. The molecule has 0 spiro atoms. The van der Waals surface area contributed by atoms with E-state index in [1.165, 1.54) is 12.0 Å². The number of benzene rings is 1. The fourth-order valence-corrected chi connectivity index (χ4v) is 3.17. The maximum atomic E-state index is 5.96. The number of hydrogen-bond acceptors (Lipinski definition) is 3. The molecule has 1 aliphatic heterocycles. The number of nitrogens with zero attached hydrogens (tertiary/aromatic N) is 2. The van der Waals surface area contributed by atoms with E-state index in [-0.39, 0.29) is 0 Å². The van der Waals surface area contributed by atoms with Gasteiger partial charge in [-0.05, 0) is 36.8 Å². The van der Waals surface area contributed by atoms with Crippen LogP contribution in [-0.4, -0.2) is 56.8 Å². The maximum absolute atomic E-state index is 5.96. The molecule has 126 valence electrons. The average molecular weight is 316 g/mol. The van der Waals surface area contributed by atoms with Crippen molar-refractivity contribution in [2.75, 3.05) is 45.9 Å².